The van der Waals surface area contributed by atoms with Gasteiger partial charge in [0.1, 0.15) is 0 Å². The van der Waals surface area contributed by atoms with Crippen LogP contribution in [0.15, 0.2) is 52.4 Å². The Kier molecular flexibility index (Phi) is 10.3. The van der Waals surface area contributed by atoms with Gasteiger partial charge in [-0.1, -0.05) is 59.7 Å². The molecule has 0 aliphatic heterocycles. The van der Waals surface area contributed by atoms with E-state index in [1.807, 2.05) is 0 Å². The van der Waals surface area contributed by atoms with Crippen molar-refractivity contribution >= 4 is 34.3 Å². The quantitative estimate of drug-likeness (QED) is 0.239. The highest BCUT2D eigenvalue weighted by Gasteiger charge is 2.24. The predicted molar refractivity (Wildman–Crippen MR) is 145 cm³/mol. The van der Waals surface area contributed by atoms with Gasteiger partial charge in [-0.3, -0.25) is 9.79 Å². The Morgan fingerprint density at radius 1 is 0.914 bits per heavy atom. The van der Waals surface area contributed by atoms with Crippen LogP contribution in [0, 0.1) is 0 Å². The van der Waals surface area contributed by atoms with Crippen molar-refractivity contribution in [3.63, 3.8) is 0 Å². The summed E-state index contributed by atoms with van der Waals surface area (Å²) < 4.78 is 28.9. The molecule has 0 radical (unpaired) electrons. The van der Waals surface area contributed by atoms with E-state index in [-0.39, 0.29) is 46.5 Å². The SMILES string of the molecule is CC(C)(C)c1cc(C(C)(C)C)cc(S(=O)(=O)NCc2ccc(C(=O)NCCN=C(N)N)cc2)c1.Cl. The minimum atomic E-state index is -3.73. The Hall–Kier alpha value is -2.62. The molecule has 0 aliphatic rings. The van der Waals surface area contributed by atoms with Gasteiger partial charge in [-0.25, -0.2) is 13.1 Å². The number of guanidine groups is 1. The highest BCUT2D eigenvalue weighted by Crippen LogP contribution is 2.31. The van der Waals surface area contributed by atoms with Gasteiger partial charge in [-0.05, 0) is 51.8 Å². The highest BCUT2D eigenvalue weighted by molar-refractivity contribution is 7.89. The van der Waals surface area contributed by atoms with Crippen molar-refractivity contribution in [1.29, 1.82) is 0 Å². The third-order valence-electron chi connectivity index (χ3n) is 5.32. The van der Waals surface area contributed by atoms with Crippen molar-refractivity contribution in [2.75, 3.05) is 13.1 Å². The zero-order valence-electron chi connectivity index (χ0n) is 21.3. The van der Waals surface area contributed by atoms with Gasteiger partial charge in [0.15, 0.2) is 5.96 Å². The van der Waals surface area contributed by atoms with Crippen LogP contribution < -0.4 is 21.5 Å². The van der Waals surface area contributed by atoms with Gasteiger partial charge in [0.05, 0.1) is 11.4 Å². The van der Waals surface area contributed by atoms with E-state index >= 15 is 0 Å². The second-order valence-electron chi connectivity index (χ2n) is 10.3. The van der Waals surface area contributed by atoms with E-state index in [0.717, 1.165) is 16.7 Å². The van der Waals surface area contributed by atoms with Crippen LogP contribution in [0.1, 0.15) is 68.6 Å². The molecule has 0 saturated heterocycles. The summed E-state index contributed by atoms with van der Waals surface area (Å²) in [5.41, 5.74) is 13.3. The number of halogens is 1. The van der Waals surface area contributed by atoms with Gasteiger partial charge >= 0.3 is 0 Å². The molecule has 2 aromatic rings. The Bertz CT molecular complexity index is 1110. The topological polar surface area (TPSA) is 140 Å². The van der Waals surface area contributed by atoms with E-state index in [1.54, 1.807) is 36.4 Å². The maximum Gasteiger partial charge on any atom is 0.251 e. The Balaban J connectivity index is 0.00000612. The average Bonchev–Trinajstić information content (AvgIpc) is 2.74. The van der Waals surface area contributed by atoms with Crippen LogP contribution in [0.2, 0.25) is 0 Å². The maximum atomic E-state index is 13.1. The molecule has 2 rings (SSSR count). The lowest BCUT2D eigenvalue weighted by atomic mass is 9.81. The first-order valence-electron chi connectivity index (χ1n) is 11.2. The van der Waals surface area contributed by atoms with E-state index in [1.165, 1.54) is 0 Å². The molecule has 0 spiro atoms. The van der Waals surface area contributed by atoms with Gasteiger partial charge in [0.25, 0.3) is 5.91 Å². The predicted octanol–water partition coefficient (Wildman–Crippen LogP) is 3.19. The van der Waals surface area contributed by atoms with Crippen molar-refractivity contribution in [1.82, 2.24) is 10.0 Å². The van der Waals surface area contributed by atoms with Crippen LogP contribution in [0.5, 0.6) is 0 Å². The molecule has 0 fully saturated rings. The Morgan fingerprint density at radius 3 is 1.89 bits per heavy atom. The first kappa shape index (κ1) is 30.4. The normalized spacial score (nSPS) is 11.9. The number of hydrogen-bond acceptors (Lipinski definition) is 4. The van der Waals surface area contributed by atoms with Crippen LogP contribution in [0.4, 0.5) is 0 Å². The number of sulfonamides is 1. The van der Waals surface area contributed by atoms with E-state index in [4.69, 9.17) is 11.5 Å². The summed E-state index contributed by atoms with van der Waals surface area (Å²) in [6, 6.07) is 12.3. The maximum absolute atomic E-state index is 13.1. The number of carbonyl (C=O) groups excluding carboxylic acids is 1. The molecule has 0 bridgehead atoms. The number of benzene rings is 2. The molecule has 35 heavy (non-hydrogen) atoms. The summed E-state index contributed by atoms with van der Waals surface area (Å²) in [6.07, 6.45) is 0. The van der Waals surface area contributed by atoms with E-state index < -0.39 is 10.0 Å². The molecule has 6 N–H and O–H groups in total. The number of carbonyl (C=O) groups is 1. The van der Waals surface area contributed by atoms with Crippen LogP contribution in [-0.2, 0) is 27.4 Å². The third-order valence-corrected chi connectivity index (χ3v) is 6.70. The van der Waals surface area contributed by atoms with Gasteiger partial charge < -0.3 is 16.8 Å². The fourth-order valence-electron chi connectivity index (χ4n) is 3.11. The number of rotatable bonds is 8. The number of amides is 1. The summed E-state index contributed by atoms with van der Waals surface area (Å²) in [5, 5.41) is 2.72. The van der Waals surface area contributed by atoms with Crippen LogP contribution >= 0.6 is 12.4 Å². The number of aliphatic imine (C=N–C) groups is 1. The molecule has 0 unspecified atom stereocenters. The number of nitrogens with zero attached hydrogens (tertiary/aromatic N) is 1. The molecule has 0 saturated carbocycles. The molecule has 0 aliphatic carbocycles. The summed E-state index contributed by atoms with van der Waals surface area (Å²) in [7, 11) is -3.73. The zero-order valence-corrected chi connectivity index (χ0v) is 22.9. The van der Waals surface area contributed by atoms with Crippen molar-refractivity contribution < 1.29 is 13.2 Å². The zero-order chi connectivity index (χ0) is 25.7. The third kappa shape index (κ3) is 9.16. The summed E-state index contributed by atoms with van der Waals surface area (Å²) in [5.74, 6) is -0.285. The summed E-state index contributed by atoms with van der Waals surface area (Å²) in [4.78, 5) is 16.3. The fourth-order valence-corrected chi connectivity index (χ4v) is 4.20. The van der Waals surface area contributed by atoms with Gasteiger partial charge in [-0.15, -0.1) is 12.4 Å². The minimum Gasteiger partial charge on any atom is -0.370 e. The Morgan fingerprint density at radius 2 is 1.43 bits per heavy atom. The summed E-state index contributed by atoms with van der Waals surface area (Å²) in [6.45, 7) is 13.1. The molecular formula is C25H38ClN5O3S. The molecule has 1 amide bonds. The molecule has 10 heteroatoms. The van der Waals surface area contributed by atoms with E-state index in [0.29, 0.717) is 18.7 Å². The van der Waals surface area contributed by atoms with Crippen LogP contribution in [-0.4, -0.2) is 33.4 Å². The lowest BCUT2D eigenvalue weighted by molar-refractivity contribution is 0.0954. The van der Waals surface area contributed by atoms with Gasteiger partial charge in [-0.2, -0.15) is 0 Å². The molecule has 194 valence electrons. The van der Waals surface area contributed by atoms with Crippen molar-refractivity contribution in [2.24, 2.45) is 16.5 Å². The molecular weight excluding hydrogens is 486 g/mol. The van der Waals surface area contributed by atoms with E-state index in [2.05, 4.69) is 62.6 Å². The number of nitrogens with two attached hydrogens (primary N) is 2. The van der Waals surface area contributed by atoms with Crippen LogP contribution in [0.3, 0.4) is 0 Å². The molecule has 8 nitrogen and oxygen atoms in total. The first-order valence-corrected chi connectivity index (χ1v) is 12.7. The number of nitrogens with one attached hydrogen (secondary N) is 2. The molecule has 0 aromatic heterocycles. The highest BCUT2D eigenvalue weighted by atomic mass is 35.5. The standard InChI is InChI=1S/C25H37N5O3S.ClH/c1-24(2,3)19-13-20(25(4,5)6)15-21(14-19)34(32,33)30-16-17-7-9-18(10-8-17)22(31)28-11-12-29-23(26)27;/h7-10,13-15,30H,11-12,16H2,1-6H3,(H,28,31)(H4,26,27,29);1H. The van der Waals surface area contributed by atoms with E-state index in [9.17, 15) is 13.2 Å². The lowest BCUT2D eigenvalue weighted by Crippen LogP contribution is -2.28. The first-order chi connectivity index (χ1) is 15.6. The average molecular weight is 524 g/mol. The molecule has 2 aromatic carbocycles. The Labute approximate surface area is 215 Å². The van der Waals surface area contributed by atoms with Gasteiger partial charge in [0, 0.05) is 18.7 Å². The van der Waals surface area contributed by atoms with Gasteiger partial charge in [0.2, 0.25) is 10.0 Å². The second kappa shape index (κ2) is 11.9. The van der Waals surface area contributed by atoms with Crippen molar-refractivity contribution in [3.8, 4) is 0 Å². The molecule has 0 heterocycles. The molecule has 0 atom stereocenters. The minimum absolute atomic E-state index is 0. The van der Waals surface area contributed by atoms with Crippen molar-refractivity contribution in [2.45, 2.75) is 63.8 Å². The fraction of sp³-hybridized carbons (Fsp3) is 0.440. The lowest BCUT2D eigenvalue weighted by Gasteiger charge is -2.26. The van der Waals surface area contributed by atoms with Crippen LogP contribution in [0.25, 0.3) is 0 Å². The number of hydrogen-bond donors (Lipinski definition) is 4. The smallest absolute Gasteiger partial charge is 0.251 e. The second-order valence-corrected chi connectivity index (χ2v) is 12.1. The van der Waals surface area contributed by atoms with Crippen molar-refractivity contribution in [3.05, 3.63) is 64.7 Å². The monoisotopic (exact) mass is 523 g/mol. The largest absolute Gasteiger partial charge is 0.370 e. The summed E-state index contributed by atoms with van der Waals surface area (Å²) >= 11 is 0.